The van der Waals surface area contributed by atoms with Crippen molar-refractivity contribution in [2.75, 3.05) is 7.11 Å². The Hall–Kier alpha value is -0.890. The van der Waals surface area contributed by atoms with Crippen LogP contribution in [-0.2, 0) is 0 Å². The van der Waals surface area contributed by atoms with Crippen molar-refractivity contribution in [1.29, 1.82) is 0 Å². The summed E-state index contributed by atoms with van der Waals surface area (Å²) in [5, 5.41) is 0.717. The Kier molecular flexibility index (Phi) is 3.85. The number of hydrogen-bond acceptors (Lipinski definition) is 1. The van der Waals surface area contributed by atoms with Gasteiger partial charge in [0, 0.05) is 16.9 Å². The summed E-state index contributed by atoms with van der Waals surface area (Å²) < 4.78 is 4.39. The highest BCUT2D eigenvalue weighted by Gasteiger charge is 2.64. The fourth-order valence-corrected chi connectivity index (χ4v) is 4.09. The number of hydrogen-bond donors (Lipinski definition) is 0. The van der Waals surface area contributed by atoms with Crippen LogP contribution in [0.4, 0.5) is 0 Å². The van der Waals surface area contributed by atoms with Gasteiger partial charge in [-0.2, -0.15) is 0 Å². The van der Waals surface area contributed by atoms with Crippen LogP contribution in [0.3, 0.4) is 0 Å². The minimum absolute atomic E-state index is 0.0617. The van der Waals surface area contributed by atoms with E-state index in [1.165, 1.54) is 0 Å². The van der Waals surface area contributed by atoms with Crippen LogP contribution in [0.15, 0.2) is 42.5 Å². The van der Waals surface area contributed by atoms with Crippen molar-refractivity contribution < 1.29 is 4.74 Å². The smallest absolute Gasteiger partial charge is 0.133 e. The van der Waals surface area contributed by atoms with E-state index in [4.69, 9.17) is 39.5 Å². The molecule has 0 heterocycles. The van der Waals surface area contributed by atoms with Gasteiger partial charge >= 0.3 is 0 Å². The molecule has 2 aromatic rings. The van der Waals surface area contributed by atoms with Gasteiger partial charge in [-0.1, -0.05) is 29.8 Å². The number of rotatable bonds is 3. The lowest BCUT2D eigenvalue weighted by Crippen LogP contribution is -1.91. The van der Waals surface area contributed by atoms with E-state index >= 15 is 0 Å². The number of benzene rings is 2. The Morgan fingerprint density at radius 3 is 2.14 bits per heavy atom. The molecule has 4 heteroatoms. The van der Waals surface area contributed by atoms with Crippen molar-refractivity contribution in [2.45, 2.75) is 23.1 Å². The topological polar surface area (TPSA) is 9.23 Å². The second-order valence-corrected chi connectivity index (χ2v) is 7.35. The number of ether oxygens (including phenoxy) is 1. The second-order valence-electron chi connectivity index (χ2n) is 5.46. The van der Waals surface area contributed by atoms with E-state index in [1.54, 1.807) is 7.11 Å². The predicted molar refractivity (Wildman–Crippen MR) is 89.1 cm³/mol. The molecule has 2 atom stereocenters. The van der Waals surface area contributed by atoms with Crippen molar-refractivity contribution in [1.82, 2.24) is 0 Å². The normalized spacial score (nSPS) is 22.9. The van der Waals surface area contributed by atoms with Crippen LogP contribution < -0.4 is 4.74 Å². The third-order valence-corrected chi connectivity index (χ3v) is 5.11. The van der Waals surface area contributed by atoms with Gasteiger partial charge in [0.1, 0.15) is 10.1 Å². The van der Waals surface area contributed by atoms with Crippen LogP contribution in [0.2, 0.25) is 5.02 Å². The van der Waals surface area contributed by atoms with Gasteiger partial charge in [0.2, 0.25) is 0 Å². The number of halogens is 3. The molecule has 3 rings (SSSR count). The van der Waals surface area contributed by atoms with Gasteiger partial charge in [0.25, 0.3) is 0 Å². The molecule has 0 radical (unpaired) electrons. The lowest BCUT2D eigenvalue weighted by Gasteiger charge is -2.04. The molecule has 2 aromatic carbocycles. The van der Waals surface area contributed by atoms with Gasteiger partial charge < -0.3 is 4.74 Å². The maximum Gasteiger partial charge on any atom is 0.133 e. The van der Waals surface area contributed by atoms with Crippen molar-refractivity contribution >= 4 is 34.8 Å². The minimum atomic E-state index is -0.786. The van der Waals surface area contributed by atoms with Crippen molar-refractivity contribution in [2.24, 2.45) is 0 Å². The Morgan fingerprint density at radius 1 is 0.952 bits per heavy atom. The maximum atomic E-state index is 6.51. The summed E-state index contributed by atoms with van der Waals surface area (Å²) in [6.07, 6.45) is 0. The highest BCUT2D eigenvalue weighted by Crippen LogP contribution is 2.70. The molecule has 0 amide bonds. The molecule has 1 aliphatic rings. The van der Waals surface area contributed by atoms with E-state index < -0.39 is 4.33 Å². The fraction of sp³-hybridized carbons (Fsp3) is 0.294. The lowest BCUT2D eigenvalue weighted by molar-refractivity contribution is 0.414. The second kappa shape index (κ2) is 5.39. The molecule has 1 saturated carbocycles. The Morgan fingerprint density at radius 2 is 1.57 bits per heavy atom. The molecule has 0 saturated heterocycles. The standard InChI is InChI=1S/C17H15Cl3O/c1-10-7-12(9-13(18)8-10)16-15(17(16,19)20)11-3-5-14(21-2)6-4-11/h3-9,15-16H,1-2H3/t15-,16-/m0/s1. The number of alkyl halides is 2. The van der Waals surface area contributed by atoms with E-state index in [9.17, 15) is 0 Å². The van der Waals surface area contributed by atoms with Gasteiger partial charge in [-0.05, 0) is 47.9 Å². The average Bonchev–Trinajstić information content (AvgIpc) is 3.00. The summed E-state index contributed by atoms with van der Waals surface area (Å²) >= 11 is 19.2. The van der Waals surface area contributed by atoms with Crippen LogP contribution in [0.25, 0.3) is 0 Å². The first-order valence-corrected chi connectivity index (χ1v) is 7.85. The molecule has 1 aliphatic carbocycles. The molecule has 1 nitrogen and oxygen atoms in total. The van der Waals surface area contributed by atoms with E-state index in [1.807, 2.05) is 43.3 Å². The molecule has 0 aromatic heterocycles. The highest BCUT2D eigenvalue weighted by atomic mass is 35.5. The van der Waals surface area contributed by atoms with Gasteiger partial charge in [-0.15, -0.1) is 23.2 Å². The zero-order chi connectivity index (χ0) is 15.2. The van der Waals surface area contributed by atoms with Gasteiger partial charge in [0.15, 0.2) is 0 Å². The zero-order valence-corrected chi connectivity index (χ0v) is 14.0. The predicted octanol–water partition coefficient (Wildman–Crippen LogP) is 5.71. The Labute approximate surface area is 139 Å². The summed E-state index contributed by atoms with van der Waals surface area (Å²) in [4.78, 5) is 0. The molecular weight excluding hydrogens is 327 g/mol. The summed E-state index contributed by atoms with van der Waals surface area (Å²) in [5.74, 6) is 0.959. The van der Waals surface area contributed by atoms with Crippen LogP contribution >= 0.6 is 34.8 Å². The number of methoxy groups -OCH3 is 1. The highest BCUT2D eigenvalue weighted by molar-refractivity contribution is 6.52. The van der Waals surface area contributed by atoms with E-state index in [-0.39, 0.29) is 11.8 Å². The van der Waals surface area contributed by atoms with Crippen LogP contribution in [0.1, 0.15) is 28.5 Å². The summed E-state index contributed by atoms with van der Waals surface area (Å²) in [5.41, 5.74) is 3.32. The first-order valence-electron chi connectivity index (χ1n) is 6.72. The van der Waals surface area contributed by atoms with E-state index in [0.717, 1.165) is 27.5 Å². The molecule has 1 fully saturated rings. The molecule has 0 N–H and O–H groups in total. The fourth-order valence-electron chi connectivity index (χ4n) is 2.91. The van der Waals surface area contributed by atoms with Gasteiger partial charge in [-0.3, -0.25) is 0 Å². The SMILES string of the molecule is COc1ccc([C@H]2[C@H](c3cc(C)cc(Cl)c3)C2(Cl)Cl)cc1. The molecule has 0 bridgehead atoms. The van der Waals surface area contributed by atoms with E-state index in [2.05, 4.69) is 6.07 Å². The zero-order valence-electron chi connectivity index (χ0n) is 11.7. The number of aryl methyl sites for hydroxylation is 1. The van der Waals surface area contributed by atoms with Crippen LogP contribution in [-0.4, -0.2) is 11.4 Å². The van der Waals surface area contributed by atoms with Gasteiger partial charge in [0.05, 0.1) is 7.11 Å². The molecule has 0 spiro atoms. The summed E-state index contributed by atoms with van der Waals surface area (Å²) in [6, 6.07) is 13.9. The third-order valence-electron chi connectivity index (χ3n) is 3.95. The first-order chi connectivity index (χ1) is 9.93. The maximum absolute atomic E-state index is 6.51. The van der Waals surface area contributed by atoms with Crippen LogP contribution in [0, 0.1) is 6.92 Å². The largest absolute Gasteiger partial charge is 0.497 e. The quantitative estimate of drug-likeness (QED) is 0.649. The molecule has 110 valence electrons. The molecular formula is C17H15Cl3O. The Balaban J connectivity index is 1.93. The van der Waals surface area contributed by atoms with E-state index in [0.29, 0.717) is 0 Å². The average molecular weight is 342 g/mol. The lowest BCUT2D eigenvalue weighted by atomic mass is 10.0. The van der Waals surface area contributed by atoms with Crippen molar-refractivity contribution in [3.05, 3.63) is 64.2 Å². The first kappa shape index (κ1) is 15.0. The van der Waals surface area contributed by atoms with Crippen molar-refractivity contribution in [3.8, 4) is 5.75 Å². The van der Waals surface area contributed by atoms with Crippen LogP contribution in [0.5, 0.6) is 5.75 Å². The molecule has 21 heavy (non-hydrogen) atoms. The molecule has 0 aliphatic heterocycles. The minimum Gasteiger partial charge on any atom is -0.497 e. The Bertz CT molecular complexity index is 644. The third kappa shape index (κ3) is 2.75. The summed E-state index contributed by atoms with van der Waals surface area (Å²) in [7, 11) is 1.65. The summed E-state index contributed by atoms with van der Waals surface area (Å²) in [6.45, 7) is 2.02. The molecule has 0 unspecified atom stereocenters. The monoisotopic (exact) mass is 340 g/mol. The van der Waals surface area contributed by atoms with Gasteiger partial charge in [-0.25, -0.2) is 0 Å². The van der Waals surface area contributed by atoms with Crippen molar-refractivity contribution in [3.63, 3.8) is 0 Å².